The maximum absolute atomic E-state index is 5.56. The predicted octanol–water partition coefficient (Wildman–Crippen LogP) is 3.86. The number of hydrogen-bond acceptors (Lipinski definition) is 5. The quantitative estimate of drug-likeness (QED) is 0.463. The lowest BCUT2D eigenvalue weighted by Crippen LogP contribution is -1.98. The van der Waals surface area contributed by atoms with Crippen LogP contribution in [0.25, 0.3) is 0 Å². The van der Waals surface area contributed by atoms with E-state index >= 15 is 0 Å². The lowest BCUT2D eigenvalue weighted by atomic mass is 10.6. The van der Waals surface area contributed by atoms with Gasteiger partial charge in [-0.1, -0.05) is 53.0 Å². The van der Waals surface area contributed by atoms with Crippen molar-refractivity contribution in [3.8, 4) is 6.01 Å². The first-order valence-corrected chi connectivity index (χ1v) is 6.16. The van der Waals surface area contributed by atoms with Gasteiger partial charge in [0.05, 0.1) is 19.3 Å². The fraction of sp³-hybridized carbons (Fsp3) is 0.300. The average molecular weight is 347 g/mol. The minimum absolute atomic E-state index is 0.0866. The Hall–Kier alpha value is -0.750. The van der Waals surface area contributed by atoms with E-state index < -0.39 is 0 Å². The minimum Gasteiger partial charge on any atom is -0.480 e. The fourth-order valence-electron chi connectivity index (χ4n) is 0.791. The first-order chi connectivity index (χ1) is 8.87. The largest absolute Gasteiger partial charge is 0.480 e. The van der Waals surface area contributed by atoms with Crippen LogP contribution in [0.15, 0.2) is 16.6 Å². The van der Waals surface area contributed by atoms with Gasteiger partial charge in [0.2, 0.25) is 5.90 Å². The Morgan fingerprint density at radius 1 is 1.16 bits per heavy atom. The minimum atomic E-state index is 0.0866. The monoisotopic (exact) mass is 345 g/mol. The van der Waals surface area contributed by atoms with Gasteiger partial charge >= 0.3 is 6.01 Å². The Kier molecular flexibility index (Phi) is 8.84. The van der Waals surface area contributed by atoms with Gasteiger partial charge in [-0.2, -0.15) is 9.97 Å². The van der Waals surface area contributed by atoms with E-state index in [4.69, 9.17) is 46.4 Å². The SMILES string of the molecule is C=C(Cl)C(=NC)OC.COc1nc(Cl)c(Cl)c(Cl)n1. The van der Waals surface area contributed by atoms with Crippen molar-refractivity contribution in [2.24, 2.45) is 4.99 Å². The summed E-state index contributed by atoms with van der Waals surface area (Å²) in [5.74, 6) is 0.381. The number of aromatic nitrogens is 2. The van der Waals surface area contributed by atoms with Crippen molar-refractivity contribution in [1.82, 2.24) is 9.97 Å². The summed E-state index contributed by atoms with van der Waals surface area (Å²) in [6, 6.07) is 0.101. The third kappa shape index (κ3) is 6.29. The molecule has 0 saturated carbocycles. The molecule has 0 fully saturated rings. The van der Waals surface area contributed by atoms with E-state index in [1.54, 1.807) is 7.05 Å². The van der Waals surface area contributed by atoms with Gasteiger partial charge in [0.15, 0.2) is 10.3 Å². The van der Waals surface area contributed by atoms with Crippen molar-refractivity contribution in [3.05, 3.63) is 26.9 Å². The molecule has 1 aromatic heterocycles. The Morgan fingerprint density at radius 3 is 1.84 bits per heavy atom. The number of rotatable bonds is 2. The van der Waals surface area contributed by atoms with Crippen molar-refractivity contribution in [3.63, 3.8) is 0 Å². The summed E-state index contributed by atoms with van der Waals surface area (Å²) in [4.78, 5) is 11.0. The van der Waals surface area contributed by atoms with E-state index in [1.807, 2.05) is 0 Å². The summed E-state index contributed by atoms with van der Waals surface area (Å²) in [7, 11) is 4.50. The van der Waals surface area contributed by atoms with E-state index in [0.29, 0.717) is 10.9 Å². The predicted molar refractivity (Wildman–Crippen MR) is 79.0 cm³/mol. The first kappa shape index (κ1) is 18.2. The van der Waals surface area contributed by atoms with E-state index in [9.17, 15) is 0 Å². The molecule has 0 aromatic carbocycles. The summed E-state index contributed by atoms with van der Waals surface area (Å²) < 4.78 is 9.36. The van der Waals surface area contributed by atoms with Crippen molar-refractivity contribution in [1.29, 1.82) is 0 Å². The van der Waals surface area contributed by atoms with Gasteiger partial charge < -0.3 is 9.47 Å². The van der Waals surface area contributed by atoms with Crippen LogP contribution < -0.4 is 4.74 Å². The molecule has 0 atom stereocenters. The molecule has 0 aliphatic rings. The Labute approximate surface area is 131 Å². The van der Waals surface area contributed by atoms with Gasteiger partial charge in [-0.05, 0) is 0 Å². The van der Waals surface area contributed by atoms with Crippen LogP contribution >= 0.6 is 46.4 Å². The highest BCUT2D eigenvalue weighted by molar-refractivity contribution is 6.46. The Balaban J connectivity index is 0.000000362. The zero-order valence-electron chi connectivity index (χ0n) is 10.4. The molecule has 0 aliphatic heterocycles. The average Bonchev–Trinajstić information content (AvgIpc) is 2.37. The fourth-order valence-corrected chi connectivity index (χ4v) is 1.41. The van der Waals surface area contributed by atoms with Crippen molar-refractivity contribution >= 4 is 52.3 Å². The number of aliphatic imine (C=N–C) groups is 1. The number of methoxy groups -OCH3 is 2. The van der Waals surface area contributed by atoms with Gasteiger partial charge in [-0.25, -0.2) is 0 Å². The van der Waals surface area contributed by atoms with Gasteiger partial charge in [-0.3, -0.25) is 4.99 Å². The summed E-state index contributed by atoms with van der Waals surface area (Å²) in [6.45, 7) is 3.41. The molecule has 9 heteroatoms. The number of nitrogens with zero attached hydrogens (tertiary/aromatic N) is 3. The molecule has 0 aliphatic carbocycles. The van der Waals surface area contributed by atoms with Crippen molar-refractivity contribution in [2.75, 3.05) is 21.3 Å². The van der Waals surface area contributed by atoms with Gasteiger partial charge in [-0.15, -0.1) is 0 Å². The van der Waals surface area contributed by atoms with Gasteiger partial charge in [0.1, 0.15) is 5.02 Å². The number of halogens is 4. The number of hydrogen-bond donors (Lipinski definition) is 0. The molecule has 1 heterocycles. The topological polar surface area (TPSA) is 56.6 Å². The van der Waals surface area contributed by atoms with Gasteiger partial charge in [0.25, 0.3) is 0 Å². The van der Waals surface area contributed by atoms with Crippen LogP contribution in [0.3, 0.4) is 0 Å². The molecule has 19 heavy (non-hydrogen) atoms. The molecular weight excluding hydrogens is 336 g/mol. The molecule has 0 spiro atoms. The van der Waals surface area contributed by atoms with E-state index in [1.165, 1.54) is 14.2 Å². The maximum atomic E-state index is 5.56. The zero-order chi connectivity index (χ0) is 15.0. The molecule has 0 bridgehead atoms. The summed E-state index contributed by atoms with van der Waals surface area (Å²) >= 11 is 22.1. The van der Waals surface area contributed by atoms with E-state index in [0.717, 1.165) is 0 Å². The smallest absolute Gasteiger partial charge is 0.319 e. The van der Waals surface area contributed by atoms with Crippen LogP contribution in [0.4, 0.5) is 0 Å². The Morgan fingerprint density at radius 2 is 1.63 bits per heavy atom. The molecule has 0 radical (unpaired) electrons. The van der Waals surface area contributed by atoms with Crippen molar-refractivity contribution in [2.45, 2.75) is 0 Å². The second-order valence-electron chi connectivity index (χ2n) is 2.74. The molecule has 0 amide bonds. The normalized spacial score (nSPS) is 10.4. The lowest BCUT2D eigenvalue weighted by Gasteiger charge is -2.00. The summed E-state index contributed by atoms with van der Waals surface area (Å²) in [5, 5.41) is 0.635. The lowest BCUT2D eigenvalue weighted by molar-refractivity contribution is 0.380. The zero-order valence-corrected chi connectivity index (χ0v) is 13.4. The molecule has 5 nitrogen and oxygen atoms in total. The van der Waals surface area contributed by atoms with Crippen LogP contribution in [0.5, 0.6) is 6.01 Å². The molecular formula is C10H11Cl4N3O2. The maximum Gasteiger partial charge on any atom is 0.319 e. The van der Waals surface area contributed by atoms with E-state index in [2.05, 4.69) is 31.0 Å². The highest BCUT2D eigenvalue weighted by Crippen LogP contribution is 2.27. The summed E-state index contributed by atoms with van der Waals surface area (Å²) in [6.07, 6.45) is 0. The molecule has 1 aromatic rings. The molecule has 0 N–H and O–H groups in total. The van der Waals surface area contributed by atoms with Crippen LogP contribution in [-0.4, -0.2) is 37.1 Å². The van der Waals surface area contributed by atoms with Crippen molar-refractivity contribution < 1.29 is 9.47 Å². The highest BCUT2D eigenvalue weighted by Gasteiger charge is 2.08. The van der Waals surface area contributed by atoms with Gasteiger partial charge in [0, 0.05) is 7.05 Å². The third-order valence-corrected chi connectivity index (χ3v) is 2.82. The second kappa shape index (κ2) is 9.20. The van der Waals surface area contributed by atoms with Crippen LogP contribution in [-0.2, 0) is 4.74 Å². The number of ether oxygens (including phenoxy) is 2. The first-order valence-electron chi connectivity index (χ1n) is 4.65. The third-order valence-electron chi connectivity index (χ3n) is 1.56. The summed E-state index contributed by atoms with van der Waals surface area (Å²) in [5.41, 5.74) is 0. The van der Waals surface area contributed by atoms with Crippen LogP contribution in [0.1, 0.15) is 0 Å². The molecule has 0 unspecified atom stereocenters. The molecule has 1 rings (SSSR count). The van der Waals surface area contributed by atoms with Crippen LogP contribution in [0, 0.1) is 0 Å². The Bertz CT molecular complexity index is 457. The molecule has 0 saturated heterocycles. The highest BCUT2D eigenvalue weighted by atomic mass is 35.5. The standard InChI is InChI=1S/C5H3Cl3N2O.C5H8ClNO/c1-11-5-9-3(7)2(6)4(8)10-5;1-4(6)5(7-2)8-3/h1H3;1H2,2-3H3. The van der Waals surface area contributed by atoms with E-state index in [-0.39, 0.29) is 21.3 Å². The molecule has 106 valence electrons. The second-order valence-corrected chi connectivity index (χ2v) is 4.29. The van der Waals surface area contributed by atoms with Crippen LogP contribution in [0.2, 0.25) is 15.3 Å².